The minimum Gasteiger partial charge on any atom is -0.230 e. The van der Waals surface area contributed by atoms with E-state index in [1.54, 1.807) is 0 Å². The summed E-state index contributed by atoms with van der Waals surface area (Å²) in [5.74, 6) is 1.64. The average molecular weight is 196 g/mol. The van der Waals surface area contributed by atoms with E-state index in [4.69, 9.17) is 0 Å². The standard InChI is InChI=1S/C10H20N4/c1-4-6-7-10(5-2)8-14-9(3)11-12-13-14/h10H,4-8H2,1-3H3. The topological polar surface area (TPSA) is 43.6 Å². The fraction of sp³-hybridized carbons (Fsp3) is 0.900. The monoisotopic (exact) mass is 196 g/mol. The predicted molar refractivity (Wildman–Crippen MR) is 55.9 cm³/mol. The summed E-state index contributed by atoms with van der Waals surface area (Å²) in [6.45, 7) is 7.39. The molecule has 0 amide bonds. The molecule has 1 heterocycles. The van der Waals surface area contributed by atoms with Crippen molar-refractivity contribution in [1.29, 1.82) is 0 Å². The van der Waals surface area contributed by atoms with Crippen LogP contribution in [-0.4, -0.2) is 20.2 Å². The van der Waals surface area contributed by atoms with Gasteiger partial charge in [0.2, 0.25) is 0 Å². The fourth-order valence-electron chi connectivity index (χ4n) is 1.58. The molecule has 1 aromatic heterocycles. The van der Waals surface area contributed by atoms with Crippen LogP contribution in [0, 0.1) is 12.8 Å². The molecule has 4 nitrogen and oxygen atoms in total. The van der Waals surface area contributed by atoms with E-state index in [1.165, 1.54) is 25.7 Å². The lowest BCUT2D eigenvalue weighted by molar-refractivity contribution is 0.364. The third-order valence-corrected chi connectivity index (χ3v) is 2.69. The van der Waals surface area contributed by atoms with Crippen LogP contribution in [-0.2, 0) is 6.54 Å². The number of unbranched alkanes of at least 4 members (excludes halogenated alkanes) is 1. The van der Waals surface area contributed by atoms with Crippen LogP contribution in [0.5, 0.6) is 0 Å². The third-order valence-electron chi connectivity index (χ3n) is 2.69. The average Bonchev–Trinajstić information content (AvgIpc) is 2.59. The lowest BCUT2D eigenvalue weighted by Gasteiger charge is -2.13. The van der Waals surface area contributed by atoms with Crippen molar-refractivity contribution < 1.29 is 0 Å². The van der Waals surface area contributed by atoms with Crippen molar-refractivity contribution in [2.75, 3.05) is 0 Å². The molecule has 14 heavy (non-hydrogen) atoms. The van der Waals surface area contributed by atoms with Crippen molar-refractivity contribution in [1.82, 2.24) is 20.2 Å². The van der Waals surface area contributed by atoms with Crippen LogP contribution in [0.4, 0.5) is 0 Å². The van der Waals surface area contributed by atoms with Crippen LogP contribution < -0.4 is 0 Å². The van der Waals surface area contributed by atoms with E-state index < -0.39 is 0 Å². The zero-order valence-corrected chi connectivity index (χ0v) is 9.40. The van der Waals surface area contributed by atoms with Crippen molar-refractivity contribution in [3.05, 3.63) is 5.82 Å². The quantitative estimate of drug-likeness (QED) is 0.700. The Morgan fingerprint density at radius 2 is 2.14 bits per heavy atom. The fourth-order valence-corrected chi connectivity index (χ4v) is 1.58. The molecule has 0 bridgehead atoms. The molecule has 1 rings (SSSR count). The second-order valence-electron chi connectivity index (χ2n) is 3.82. The van der Waals surface area contributed by atoms with E-state index >= 15 is 0 Å². The molecule has 0 aliphatic rings. The van der Waals surface area contributed by atoms with Crippen LogP contribution in [0.3, 0.4) is 0 Å². The highest BCUT2D eigenvalue weighted by atomic mass is 15.5. The largest absolute Gasteiger partial charge is 0.230 e. The number of nitrogens with zero attached hydrogens (tertiary/aromatic N) is 4. The van der Waals surface area contributed by atoms with Crippen LogP contribution >= 0.6 is 0 Å². The third kappa shape index (κ3) is 3.09. The highest BCUT2D eigenvalue weighted by Gasteiger charge is 2.09. The number of hydrogen-bond donors (Lipinski definition) is 0. The molecule has 0 fully saturated rings. The van der Waals surface area contributed by atoms with Crippen LogP contribution in [0.1, 0.15) is 45.4 Å². The van der Waals surface area contributed by atoms with Gasteiger partial charge in [-0.3, -0.25) is 0 Å². The SMILES string of the molecule is CCCCC(CC)Cn1nnnc1C. The van der Waals surface area contributed by atoms with E-state index in [-0.39, 0.29) is 0 Å². The van der Waals surface area contributed by atoms with Crippen LogP contribution in [0.25, 0.3) is 0 Å². The lowest BCUT2D eigenvalue weighted by Crippen LogP contribution is -2.12. The second-order valence-corrected chi connectivity index (χ2v) is 3.82. The first-order chi connectivity index (χ1) is 6.77. The molecule has 80 valence electrons. The molecule has 0 spiro atoms. The van der Waals surface area contributed by atoms with Crippen molar-refractivity contribution in [2.24, 2.45) is 5.92 Å². The molecule has 0 saturated carbocycles. The first kappa shape index (κ1) is 11.1. The summed E-state index contributed by atoms with van der Waals surface area (Å²) in [6.07, 6.45) is 5.07. The van der Waals surface area contributed by atoms with E-state index in [0.717, 1.165) is 18.3 Å². The summed E-state index contributed by atoms with van der Waals surface area (Å²) < 4.78 is 1.91. The second kappa shape index (κ2) is 5.73. The van der Waals surface area contributed by atoms with Gasteiger partial charge in [0.05, 0.1) is 0 Å². The van der Waals surface area contributed by atoms with Gasteiger partial charge in [0, 0.05) is 6.54 Å². The normalized spacial score (nSPS) is 13.1. The Balaban J connectivity index is 2.44. The van der Waals surface area contributed by atoms with E-state index in [1.807, 2.05) is 11.6 Å². The summed E-state index contributed by atoms with van der Waals surface area (Å²) in [4.78, 5) is 0. The van der Waals surface area contributed by atoms with Gasteiger partial charge in [-0.05, 0) is 29.7 Å². The van der Waals surface area contributed by atoms with Crippen LogP contribution in [0.15, 0.2) is 0 Å². The molecule has 1 atom stereocenters. The van der Waals surface area contributed by atoms with Crippen molar-refractivity contribution >= 4 is 0 Å². The van der Waals surface area contributed by atoms with Gasteiger partial charge >= 0.3 is 0 Å². The van der Waals surface area contributed by atoms with E-state index in [9.17, 15) is 0 Å². The Labute approximate surface area is 85.7 Å². The number of tetrazole rings is 1. The Kier molecular flexibility index (Phi) is 4.56. The van der Waals surface area contributed by atoms with Gasteiger partial charge in [0.1, 0.15) is 5.82 Å². The van der Waals surface area contributed by atoms with Gasteiger partial charge in [-0.15, -0.1) is 5.10 Å². The molecule has 0 aliphatic carbocycles. The molecule has 0 aromatic carbocycles. The number of hydrogen-bond acceptors (Lipinski definition) is 3. The summed E-state index contributed by atoms with van der Waals surface area (Å²) in [6, 6.07) is 0. The molecular formula is C10H20N4. The smallest absolute Gasteiger partial charge is 0.148 e. The zero-order chi connectivity index (χ0) is 10.4. The van der Waals surface area contributed by atoms with Gasteiger partial charge in [-0.1, -0.05) is 33.1 Å². The maximum Gasteiger partial charge on any atom is 0.148 e. The Bertz CT molecular complexity index is 256. The summed E-state index contributed by atoms with van der Waals surface area (Å²) in [7, 11) is 0. The molecule has 0 radical (unpaired) electrons. The molecule has 0 N–H and O–H groups in total. The zero-order valence-electron chi connectivity index (χ0n) is 9.40. The van der Waals surface area contributed by atoms with Gasteiger partial charge < -0.3 is 0 Å². The summed E-state index contributed by atoms with van der Waals surface area (Å²) in [5, 5.41) is 11.5. The molecule has 1 aromatic rings. The van der Waals surface area contributed by atoms with E-state index in [0.29, 0.717) is 0 Å². The molecule has 0 saturated heterocycles. The number of aromatic nitrogens is 4. The first-order valence-electron chi connectivity index (χ1n) is 5.50. The van der Waals surface area contributed by atoms with Gasteiger partial charge in [0.15, 0.2) is 0 Å². The summed E-state index contributed by atoms with van der Waals surface area (Å²) in [5.41, 5.74) is 0. The highest BCUT2D eigenvalue weighted by Crippen LogP contribution is 2.14. The first-order valence-corrected chi connectivity index (χ1v) is 5.50. The summed E-state index contributed by atoms with van der Waals surface area (Å²) >= 11 is 0. The van der Waals surface area contributed by atoms with Crippen molar-refractivity contribution in [3.63, 3.8) is 0 Å². The predicted octanol–water partition coefficient (Wildman–Crippen LogP) is 2.20. The number of aryl methyl sites for hydroxylation is 1. The van der Waals surface area contributed by atoms with Gasteiger partial charge in [0.25, 0.3) is 0 Å². The number of rotatable bonds is 6. The Morgan fingerprint density at radius 3 is 2.64 bits per heavy atom. The van der Waals surface area contributed by atoms with E-state index in [2.05, 4.69) is 29.4 Å². The highest BCUT2D eigenvalue weighted by molar-refractivity contribution is 4.74. The van der Waals surface area contributed by atoms with Crippen molar-refractivity contribution in [3.8, 4) is 0 Å². The molecule has 1 unspecified atom stereocenters. The molecular weight excluding hydrogens is 176 g/mol. The molecule has 4 heteroatoms. The minimum absolute atomic E-state index is 0.720. The minimum atomic E-state index is 0.720. The van der Waals surface area contributed by atoms with Gasteiger partial charge in [-0.2, -0.15) is 0 Å². The lowest BCUT2D eigenvalue weighted by atomic mass is 9.99. The van der Waals surface area contributed by atoms with Crippen molar-refractivity contribution in [2.45, 2.75) is 53.0 Å². The maximum atomic E-state index is 3.97. The molecule has 0 aliphatic heterocycles. The maximum absolute atomic E-state index is 3.97. The Morgan fingerprint density at radius 1 is 1.36 bits per heavy atom. The van der Waals surface area contributed by atoms with Gasteiger partial charge in [-0.25, -0.2) is 4.68 Å². The van der Waals surface area contributed by atoms with Crippen LogP contribution in [0.2, 0.25) is 0 Å². The Hall–Kier alpha value is -0.930.